The van der Waals surface area contributed by atoms with Crippen LogP contribution >= 0.6 is 11.6 Å². The summed E-state index contributed by atoms with van der Waals surface area (Å²) in [4.78, 5) is 27.8. The van der Waals surface area contributed by atoms with Gasteiger partial charge in [0.2, 0.25) is 5.91 Å². The highest BCUT2D eigenvalue weighted by Gasteiger charge is 2.57. The summed E-state index contributed by atoms with van der Waals surface area (Å²) >= 11 is 5.86. The fraction of sp³-hybridized carbons (Fsp3) is 0.125. The molecule has 3 aromatic rings. The number of benzene rings is 3. The summed E-state index contributed by atoms with van der Waals surface area (Å²) in [6, 6.07) is 19.8. The molecule has 7 heteroatoms. The van der Waals surface area contributed by atoms with E-state index in [-0.39, 0.29) is 10.7 Å². The predicted octanol–water partition coefficient (Wildman–Crippen LogP) is 4.57. The number of hydrogen-bond donors (Lipinski definition) is 0. The minimum absolute atomic E-state index is 0.106. The average molecular weight is 434 g/mol. The van der Waals surface area contributed by atoms with Crippen LogP contribution in [0.15, 0.2) is 77.9 Å². The molecule has 3 aromatic carbocycles. The van der Waals surface area contributed by atoms with Crippen molar-refractivity contribution in [1.82, 2.24) is 0 Å². The first kappa shape index (κ1) is 19.5. The van der Waals surface area contributed by atoms with Gasteiger partial charge < -0.3 is 0 Å². The van der Waals surface area contributed by atoms with Gasteiger partial charge in [-0.3, -0.25) is 14.6 Å². The molecule has 2 atom stereocenters. The Bertz CT molecular complexity index is 1230. The number of hydrazone groups is 1. The summed E-state index contributed by atoms with van der Waals surface area (Å²) < 4.78 is 14.6. The first-order valence-corrected chi connectivity index (χ1v) is 10.2. The van der Waals surface area contributed by atoms with E-state index in [4.69, 9.17) is 11.6 Å². The average Bonchev–Trinajstić information content (AvgIpc) is 3.27. The summed E-state index contributed by atoms with van der Waals surface area (Å²) in [5.74, 6) is -2.60. The van der Waals surface area contributed by atoms with E-state index >= 15 is 0 Å². The standard InChI is InChI=1S/C24H17ClFN3O2/c1-14-7-9-15(10-8-14)21-20-22(29(27-21)17-5-3-2-4-6-17)24(31)28(23(20)30)19-12-11-16(25)13-18(19)26/h2-13,20,22H,1H3. The number of nitrogens with zero attached hydrogens (tertiary/aromatic N) is 3. The Morgan fingerprint density at radius 2 is 1.65 bits per heavy atom. The predicted molar refractivity (Wildman–Crippen MR) is 118 cm³/mol. The molecule has 2 amide bonds. The molecule has 0 saturated carbocycles. The Labute approximate surface area is 183 Å². The molecule has 31 heavy (non-hydrogen) atoms. The maximum absolute atomic E-state index is 14.6. The Kier molecular flexibility index (Phi) is 4.59. The van der Waals surface area contributed by atoms with Crippen LogP contribution in [0.1, 0.15) is 11.1 Å². The lowest BCUT2D eigenvalue weighted by atomic mass is 9.92. The number of carbonyl (C=O) groups is 2. The van der Waals surface area contributed by atoms with Gasteiger partial charge in [-0.25, -0.2) is 9.29 Å². The molecular formula is C24H17ClFN3O2. The molecule has 5 rings (SSSR count). The van der Waals surface area contributed by atoms with Crippen LogP contribution in [-0.4, -0.2) is 23.6 Å². The normalized spacial score (nSPS) is 20.3. The molecule has 0 radical (unpaired) electrons. The van der Waals surface area contributed by atoms with E-state index < -0.39 is 29.6 Å². The zero-order valence-electron chi connectivity index (χ0n) is 16.5. The van der Waals surface area contributed by atoms with Gasteiger partial charge in [-0.15, -0.1) is 0 Å². The lowest BCUT2D eigenvalue weighted by Gasteiger charge is -2.22. The fourth-order valence-electron chi connectivity index (χ4n) is 4.07. The van der Waals surface area contributed by atoms with Crippen LogP contribution < -0.4 is 9.91 Å². The molecule has 2 unspecified atom stereocenters. The highest BCUT2D eigenvalue weighted by atomic mass is 35.5. The maximum atomic E-state index is 14.6. The van der Waals surface area contributed by atoms with Gasteiger partial charge >= 0.3 is 0 Å². The first-order valence-electron chi connectivity index (χ1n) is 9.78. The quantitative estimate of drug-likeness (QED) is 0.568. The van der Waals surface area contributed by atoms with E-state index in [2.05, 4.69) is 5.10 Å². The van der Waals surface area contributed by atoms with Crippen molar-refractivity contribution in [2.45, 2.75) is 13.0 Å². The molecule has 5 nitrogen and oxygen atoms in total. The van der Waals surface area contributed by atoms with Gasteiger partial charge in [0.05, 0.1) is 17.1 Å². The summed E-state index contributed by atoms with van der Waals surface area (Å²) in [6.07, 6.45) is 0. The largest absolute Gasteiger partial charge is 0.273 e. The summed E-state index contributed by atoms with van der Waals surface area (Å²) in [6.45, 7) is 1.97. The number of amides is 2. The van der Waals surface area contributed by atoms with E-state index in [0.29, 0.717) is 11.4 Å². The van der Waals surface area contributed by atoms with Gasteiger partial charge in [-0.2, -0.15) is 5.10 Å². The Morgan fingerprint density at radius 3 is 2.32 bits per heavy atom. The zero-order valence-corrected chi connectivity index (χ0v) is 17.3. The number of anilines is 2. The van der Waals surface area contributed by atoms with Crippen LogP contribution in [0.3, 0.4) is 0 Å². The van der Waals surface area contributed by atoms with E-state index in [1.165, 1.54) is 12.1 Å². The third-order valence-electron chi connectivity index (χ3n) is 5.57. The summed E-state index contributed by atoms with van der Waals surface area (Å²) in [5.41, 5.74) is 2.88. The highest BCUT2D eigenvalue weighted by Crippen LogP contribution is 2.40. The van der Waals surface area contributed by atoms with Crippen LogP contribution in [0, 0.1) is 18.7 Å². The van der Waals surface area contributed by atoms with Crippen molar-refractivity contribution in [2.24, 2.45) is 11.0 Å². The second kappa shape index (κ2) is 7.32. The Morgan fingerprint density at radius 1 is 0.935 bits per heavy atom. The summed E-state index contributed by atoms with van der Waals surface area (Å²) in [7, 11) is 0. The van der Waals surface area contributed by atoms with Crippen molar-refractivity contribution in [3.63, 3.8) is 0 Å². The highest BCUT2D eigenvalue weighted by molar-refractivity contribution is 6.34. The Hall–Kier alpha value is -3.51. The van der Waals surface area contributed by atoms with Gasteiger partial charge in [-0.1, -0.05) is 59.6 Å². The molecule has 0 bridgehead atoms. The molecule has 0 spiro atoms. The van der Waals surface area contributed by atoms with E-state index in [9.17, 15) is 14.0 Å². The molecule has 2 aliphatic rings. The SMILES string of the molecule is Cc1ccc(C2=NN(c3ccccc3)C3C(=O)N(c4ccc(Cl)cc4F)C(=O)C23)cc1. The van der Waals surface area contributed by atoms with Crippen LogP contribution in [0.5, 0.6) is 0 Å². The maximum Gasteiger partial charge on any atom is 0.260 e. The third kappa shape index (κ3) is 3.11. The van der Waals surface area contributed by atoms with Crippen LogP contribution in [0.25, 0.3) is 0 Å². The second-order valence-electron chi connectivity index (χ2n) is 7.56. The number of imide groups is 1. The van der Waals surface area contributed by atoms with Gasteiger partial charge in [0.25, 0.3) is 5.91 Å². The summed E-state index contributed by atoms with van der Waals surface area (Å²) in [5, 5.41) is 6.43. The van der Waals surface area contributed by atoms with Crippen molar-refractivity contribution in [1.29, 1.82) is 0 Å². The lowest BCUT2D eigenvalue weighted by molar-refractivity contribution is -0.121. The number of aryl methyl sites for hydroxylation is 1. The lowest BCUT2D eigenvalue weighted by Crippen LogP contribution is -2.39. The van der Waals surface area contributed by atoms with Crippen molar-refractivity contribution < 1.29 is 14.0 Å². The van der Waals surface area contributed by atoms with Crippen LogP contribution in [0.4, 0.5) is 15.8 Å². The van der Waals surface area contributed by atoms with Crippen molar-refractivity contribution in [2.75, 3.05) is 9.91 Å². The van der Waals surface area contributed by atoms with Crippen molar-refractivity contribution in [3.8, 4) is 0 Å². The topological polar surface area (TPSA) is 53.0 Å². The number of rotatable bonds is 3. The van der Waals surface area contributed by atoms with Gasteiger partial charge in [0, 0.05) is 5.02 Å². The minimum Gasteiger partial charge on any atom is -0.273 e. The van der Waals surface area contributed by atoms with Gasteiger partial charge in [0.1, 0.15) is 17.8 Å². The second-order valence-corrected chi connectivity index (χ2v) is 8.00. The Balaban J connectivity index is 1.64. The van der Waals surface area contributed by atoms with E-state index in [1.54, 1.807) is 5.01 Å². The molecule has 2 aliphatic heterocycles. The van der Waals surface area contributed by atoms with Crippen molar-refractivity contribution in [3.05, 3.63) is 94.8 Å². The van der Waals surface area contributed by atoms with E-state index in [1.807, 2.05) is 61.5 Å². The fourth-order valence-corrected chi connectivity index (χ4v) is 4.23. The molecule has 154 valence electrons. The van der Waals surface area contributed by atoms with E-state index in [0.717, 1.165) is 22.1 Å². The molecule has 0 aromatic heterocycles. The zero-order chi connectivity index (χ0) is 21.7. The number of halogens is 2. The molecule has 1 saturated heterocycles. The molecule has 0 N–H and O–H groups in total. The smallest absolute Gasteiger partial charge is 0.260 e. The molecule has 1 fully saturated rings. The van der Waals surface area contributed by atoms with Crippen molar-refractivity contribution >= 4 is 40.5 Å². The first-order chi connectivity index (χ1) is 15.0. The third-order valence-corrected chi connectivity index (χ3v) is 5.80. The van der Waals surface area contributed by atoms with Crippen LogP contribution in [-0.2, 0) is 9.59 Å². The minimum atomic E-state index is -0.888. The number of para-hydroxylation sites is 1. The van der Waals surface area contributed by atoms with Crippen LogP contribution in [0.2, 0.25) is 5.02 Å². The monoisotopic (exact) mass is 433 g/mol. The number of fused-ring (bicyclic) bond motifs is 1. The molecule has 0 aliphatic carbocycles. The van der Waals surface area contributed by atoms with Gasteiger partial charge in [0.15, 0.2) is 0 Å². The molecular weight excluding hydrogens is 417 g/mol. The van der Waals surface area contributed by atoms with Gasteiger partial charge in [-0.05, 0) is 42.8 Å². The number of hydrogen-bond acceptors (Lipinski definition) is 4. The number of carbonyl (C=O) groups excluding carboxylic acids is 2. The molecule has 2 heterocycles.